The van der Waals surface area contributed by atoms with Gasteiger partial charge in [-0.05, 0) is 37.8 Å². The second-order valence-electron chi connectivity index (χ2n) is 5.57. The number of nitro groups is 1. The number of fused-ring (bicyclic) bond motifs is 1. The van der Waals surface area contributed by atoms with E-state index in [4.69, 9.17) is 5.73 Å². The quantitative estimate of drug-likeness (QED) is 0.668. The Balaban J connectivity index is 1.93. The summed E-state index contributed by atoms with van der Waals surface area (Å²) in [5.74, 6) is 0. The van der Waals surface area contributed by atoms with Crippen LogP contribution in [0.25, 0.3) is 10.8 Å². The fourth-order valence-electron chi connectivity index (χ4n) is 2.94. The molecule has 0 saturated heterocycles. The van der Waals surface area contributed by atoms with E-state index in [1.54, 1.807) is 30.6 Å². The minimum atomic E-state index is -0.355. The first-order valence-electron chi connectivity index (χ1n) is 7.18. The fourth-order valence-corrected chi connectivity index (χ4v) is 2.94. The summed E-state index contributed by atoms with van der Waals surface area (Å²) in [4.78, 5) is 14.8. The monoisotopic (exact) mass is 286 g/mol. The zero-order valence-electron chi connectivity index (χ0n) is 11.7. The fraction of sp³-hybridized carbons (Fsp3) is 0.400. The van der Waals surface area contributed by atoms with Crippen LogP contribution in [0.15, 0.2) is 30.6 Å². The molecule has 3 rings (SSSR count). The Morgan fingerprint density at radius 3 is 2.67 bits per heavy atom. The standard InChI is InChI=1S/C15H18N4O2/c16-10-1-3-11(4-2-10)18-14-5-6-15(19(20)21)12-7-8-17-9-13(12)14/h5-11,18H,1-4,16H2. The summed E-state index contributed by atoms with van der Waals surface area (Å²) >= 11 is 0. The molecule has 0 spiro atoms. The average molecular weight is 286 g/mol. The molecule has 0 unspecified atom stereocenters. The lowest BCUT2D eigenvalue weighted by Crippen LogP contribution is -2.32. The second-order valence-corrected chi connectivity index (χ2v) is 5.57. The molecule has 0 aliphatic heterocycles. The van der Waals surface area contributed by atoms with Crippen LogP contribution in [0.3, 0.4) is 0 Å². The van der Waals surface area contributed by atoms with Crippen LogP contribution < -0.4 is 11.1 Å². The Morgan fingerprint density at radius 2 is 1.95 bits per heavy atom. The van der Waals surface area contributed by atoms with Gasteiger partial charge >= 0.3 is 0 Å². The number of benzene rings is 1. The lowest BCUT2D eigenvalue weighted by Gasteiger charge is -2.28. The van der Waals surface area contributed by atoms with Gasteiger partial charge in [0.2, 0.25) is 0 Å². The van der Waals surface area contributed by atoms with E-state index in [0.717, 1.165) is 36.8 Å². The van der Waals surface area contributed by atoms with Gasteiger partial charge in [-0.15, -0.1) is 0 Å². The molecule has 1 aliphatic rings. The van der Waals surface area contributed by atoms with Gasteiger partial charge in [0.05, 0.1) is 10.3 Å². The van der Waals surface area contributed by atoms with Crippen molar-refractivity contribution in [2.24, 2.45) is 5.73 Å². The van der Waals surface area contributed by atoms with Crippen molar-refractivity contribution in [1.82, 2.24) is 4.98 Å². The van der Waals surface area contributed by atoms with Crippen LogP contribution in [0.2, 0.25) is 0 Å². The van der Waals surface area contributed by atoms with Crippen LogP contribution in [-0.2, 0) is 0 Å². The van der Waals surface area contributed by atoms with Crippen molar-refractivity contribution in [1.29, 1.82) is 0 Å². The van der Waals surface area contributed by atoms with E-state index >= 15 is 0 Å². The van der Waals surface area contributed by atoms with Crippen LogP contribution in [0.5, 0.6) is 0 Å². The zero-order valence-corrected chi connectivity index (χ0v) is 11.7. The molecular weight excluding hydrogens is 268 g/mol. The van der Waals surface area contributed by atoms with Crippen molar-refractivity contribution < 1.29 is 4.92 Å². The normalized spacial score (nSPS) is 22.1. The number of pyridine rings is 1. The molecule has 21 heavy (non-hydrogen) atoms. The predicted molar refractivity (Wildman–Crippen MR) is 82.3 cm³/mol. The third-order valence-electron chi connectivity index (χ3n) is 4.12. The van der Waals surface area contributed by atoms with E-state index in [2.05, 4.69) is 10.3 Å². The van der Waals surface area contributed by atoms with Gasteiger partial charge in [-0.1, -0.05) is 0 Å². The van der Waals surface area contributed by atoms with Crippen molar-refractivity contribution in [2.45, 2.75) is 37.8 Å². The molecule has 1 aromatic heterocycles. The SMILES string of the molecule is NC1CCC(Nc2ccc([N+](=O)[O-])c3ccncc23)CC1. The lowest BCUT2D eigenvalue weighted by molar-refractivity contribution is -0.383. The highest BCUT2D eigenvalue weighted by atomic mass is 16.6. The second kappa shape index (κ2) is 5.65. The smallest absolute Gasteiger partial charge is 0.277 e. The Kier molecular flexibility index (Phi) is 3.70. The largest absolute Gasteiger partial charge is 0.382 e. The molecule has 1 fully saturated rings. The summed E-state index contributed by atoms with van der Waals surface area (Å²) in [6.45, 7) is 0. The number of anilines is 1. The van der Waals surface area contributed by atoms with Crippen molar-refractivity contribution in [3.63, 3.8) is 0 Å². The van der Waals surface area contributed by atoms with E-state index in [9.17, 15) is 10.1 Å². The summed E-state index contributed by atoms with van der Waals surface area (Å²) in [6.07, 6.45) is 7.35. The lowest BCUT2D eigenvalue weighted by atomic mass is 9.91. The van der Waals surface area contributed by atoms with Gasteiger partial charge in [0.1, 0.15) is 0 Å². The zero-order chi connectivity index (χ0) is 14.8. The molecule has 110 valence electrons. The molecule has 0 radical (unpaired) electrons. The van der Waals surface area contributed by atoms with E-state index in [0.29, 0.717) is 17.5 Å². The molecule has 0 atom stereocenters. The summed E-state index contributed by atoms with van der Waals surface area (Å²) in [7, 11) is 0. The molecule has 1 saturated carbocycles. The summed E-state index contributed by atoms with van der Waals surface area (Å²) in [5, 5.41) is 16.0. The van der Waals surface area contributed by atoms with Gasteiger partial charge in [-0.3, -0.25) is 15.1 Å². The van der Waals surface area contributed by atoms with Crippen molar-refractivity contribution in [3.05, 3.63) is 40.7 Å². The van der Waals surface area contributed by atoms with Crippen molar-refractivity contribution in [2.75, 3.05) is 5.32 Å². The van der Waals surface area contributed by atoms with Crippen molar-refractivity contribution in [3.8, 4) is 0 Å². The number of hydrogen-bond donors (Lipinski definition) is 2. The first-order chi connectivity index (χ1) is 10.1. The van der Waals surface area contributed by atoms with Gasteiger partial charge < -0.3 is 11.1 Å². The Labute approximate surface area is 122 Å². The molecule has 3 N–H and O–H groups in total. The minimum Gasteiger partial charge on any atom is -0.382 e. The number of hydrogen-bond acceptors (Lipinski definition) is 5. The number of nitrogens with two attached hydrogens (primary N) is 1. The molecule has 6 nitrogen and oxygen atoms in total. The maximum atomic E-state index is 11.1. The van der Waals surface area contributed by atoms with Crippen LogP contribution in [-0.4, -0.2) is 22.0 Å². The maximum Gasteiger partial charge on any atom is 0.277 e. The first-order valence-corrected chi connectivity index (χ1v) is 7.18. The number of rotatable bonds is 3. The maximum absolute atomic E-state index is 11.1. The van der Waals surface area contributed by atoms with Crippen LogP contribution >= 0.6 is 0 Å². The average Bonchev–Trinajstić information content (AvgIpc) is 2.49. The molecule has 2 aromatic rings. The number of aromatic nitrogens is 1. The van der Waals surface area contributed by atoms with Crippen LogP contribution in [0.4, 0.5) is 11.4 Å². The van der Waals surface area contributed by atoms with E-state index in [1.807, 2.05) is 0 Å². The predicted octanol–water partition coefficient (Wildman–Crippen LogP) is 2.82. The van der Waals surface area contributed by atoms with Gasteiger partial charge in [0, 0.05) is 41.6 Å². The molecule has 0 amide bonds. The summed E-state index contributed by atoms with van der Waals surface area (Å²) < 4.78 is 0. The summed E-state index contributed by atoms with van der Waals surface area (Å²) in [5.41, 5.74) is 6.94. The Hall–Kier alpha value is -2.21. The highest BCUT2D eigenvalue weighted by Crippen LogP contribution is 2.32. The van der Waals surface area contributed by atoms with E-state index in [-0.39, 0.29) is 10.6 Å². The Morgan fingerprint density at radius 1 is 1.19 bits per heavy atom. The third-order valence-corrected chi connectivity index (χ3v) is 4.12. The highest BCUT2D eigenvalue weighted by Gasteiger charge is 2.20. The van der Waals surface area contributed by atoms with Gasteiger partial charge in [-0.25, -0.2) is 0 Å². The summed E-state index contributed by atoms with van der Waals surface area (Å²) in [6, 6.07) is 5.69. The van der Waals surface area contributed by atoms with E-state index in [1.165, 1.54) is 0 Å². The molecule has 1 heterocycles. The van der Waals surface area contributed by atoms with Gasteiger partial charge in [0.15, 0.2) is 0 Å². The number of nitro benzene ring substituents is 1. The number of nitrogens with zero attached hydrogens (tertiary/aromatic N) is 2. The van der Waals surface area contributed by atoms with E-state index < -0.39 is 0 Å². The number of non-ortho nitro benzene ring substituents is 1. The van der Waals surface area contributed by atoms with Gasteiger partial charge in [-0.2, -0.15) is 0 Å². The molecular formula is C15H18N4O2. The third kappa shape index (κ3) is 2.80. The number of nitrogens with one attached hydrogen (secondary N) is 1. The topological polar surface area (TPSA) is 94.1 Å². The molecule has 1 aromatic carbocycles. The Bertz CT molecular complexity index is 666. The minimum absolute atomic E-state index is 0.114. The van der Waals surface area contributed by atoms with Crippen LogP contribution in [0.1, 0.15) is 25.7 Å². The molecule has 0 bridgehead atoms. The van der Waals surface area contributed by atoms with Crippen LogP contribution in [0, 0.1) is 10.1 Å². The molecule has 1 aliphatic carbocycles. The van der Waals surface area contributed by atoms with Gasteiger partial charge in [0.25, 0.3) is 5.69 Å². The highest BCUT2D eigenvalue weighted by molar-refractivity contribution is 5.99. The first kappa shape index (κ1) is 13.8. The molecule has 6 heteroatoms. The van der Waals surface area contributed by atoms with Crippen molar-refractivity contribution >= 4 is 22.1 Å².